The molecule has 3 rings (SSSR count). The van der Waals surface area contributed by atoms with Crippen LogP contribution in [-0.2, 0) is 4.74 Å². The van der Waals surface area contributed by atoms with Gasteiger partial charge in [0, 0.05) is 0 Å². The second-order valence-corrected chi connectivity index (χ2v) is 6.96. The number of fused-ring (bicyclic) bond motifs is 1. The minimum Gasteiger partial charge on any atom is -0.483 e. The third kappa shape index (κ3) is 2.83. The molecule has 2 aliphatic rings. The average Bonchev–Trinajstić information content (AvgIpc) is 2.45. The highest BCUT2D eigenvalue weighted by molar-refractivity contribution is 5.53. The molecule has 0 N–H and O–H groups in total. The van der Waals surface area contributed by atoms with E-state index in [4.69, 9.17) is 4.74 Å². The van der Waals surface area contributed by atoms with E-state index in [0.717, 1.165) is 12.2 Å². The van der Waals surface area contributed by atoms with Crippen LogP contribution in [0.4, 0.5) is 0 Å². The van der Waals surface area contributed by atoms with Crippen molar-refractivity contribution >= 4 is 6.08 Å². The Morgan fingerprint density at radius 3 is 2.48 bits per heavy atom. The van der Waals surface area contributed by atoms with Crippen LogP contribution in [0.3, 0.4) is 0 Å². The molecule has 0 amide bonds. The molecule has 110 valence electrons. The molecular formula is C20H24O. The Bertz CT molecular complexity index is 604. The molecule has 1 unspecified atom stereocenters. The lowest BCUT2D eigenvalue weighted by Gasteiger charge is -2.47. The van der Waals surface area contributed by atoms with Gasteiger partial charge in [-0.3, -0.25) is 0 Å². The predicted octanol–water partition coefficient (Wildman–Crippen LogP) is 5.51. The van der Waals surface area contributed by atoms with Gasteiger partial charge in [0.2, 0.25) is 0 Å². The molecule has 0 radical (unpaired) electrons. The normalized spacial score (nSPS) is 27.6. The fourth-order valence-corrected chi connectivity index (χ4v) is 3.65. The van der Waals surface area contributed by atoms with Crippen LogP contribution in [0.1, 0.15) is 45.6 Å². The van der Waals surface area contributed by atoms with Gasteiger partial charge >= 0.3 is 0 Å². The Morgan fingerprint density at radius 1 is 0.952 bits per heavy atom. The second kappa shape index (κ2) is 5.22. The molecule has 0 spiro atoms. The molecular weight excluding hydrogens is 256 g/mol. The van der Waals surface area contributed by atoms with Gasteiger partial charge in [0.1, 0.15) is 11.4 Å². The third-order valence-corrected chi connectivity index (χ3v) is 4.75. The quantitative estimate of drug-likeness (QED) is 0.694. The molecule has 0 bridgehead atoms. The van der Waals surface area contributed by atoms with Gasteiger partial charge in [0.25, 0.3) is 0 Å². The van der Waals surface area contributed by atoms with Crippen LogP contribution in [-0.4, -0.2) is 5.60 Å². The number of ether oxygens (including phenoxy) is 1. The number of hydrogen-bond donors (Lipinski definition) is 0. The Hall–Kier alpha value is -1.76. The summed E-state index contributed by atoms with van der Waals surface area (Å²) < 4.78 is 6.34. The van der Waals surface area contributed by atoms with Crippen LogP contribution in [0.5, 0.6) is 0 Å². The van der Waals surface area contributed by atoms with Crippen molar-refractivity contribution in [1.29, 1.82) is 0 Å². The summed E-state index contributed by atoms with van der Waals surface area (Å²) in [4.78, 5) is 0. The predicted molar refractivity (Wildman–Crippen MR) is 88.8 cm³/mol. The van der Waals surface area contributed by atoms with Crippen LogP contribution in [0.15, 0.2) is 59.9 Å². The first-order valence-corrected chi connectivity index (χ1v) is 7.85. The van der Waals surface area contributed by atoms with Crippen molar-refractivity contribution in [3.8, 4) is 0 Å². The van der Waals surface area contributed by atoms with Crippen LogP contribution < -0.4 is 0 Å². The molecule has 1 heterocycles. The lowest BCUT2D eigenvalue weighted by atomic mass is 9.65. The molecule has 1 saturated carbocycles. The highest BCUT2D eigenvalue weighted by Gasteiger charge is 2.44. The van der Waals surface area contributed by atoms with Crippen molar-refractivity contribution in [2.75, 3.05) is 0 Å². The minimum absolute atomic E-state index is 0.132. The zero-order chi connectivity index (χ0) is 14.9. The van der Waals surface area contributed by atoms with Gasteiger partial charge in [-0.2, -0.15) is 0 Å². The Labute approximate surface area is 128 Å². The first kappa shape index (κ1) is 14.2. The van der Waals surface area contributed by atoms with E-state index in [0.29, 0.717) is 0 Å². The van der Waals surface area contributed by atoms with Crippen LogP contribution in [0, 0.1) is 5.41 Å². The number of rotatable bonds is 2. The molecule has 1 atom stereocenters. The molecule has 1 fully saturated rings. The van der Waals surface area contributed by atoms with Gasteiger partial charge < -0.3 is 4.74 Å². The van der Waals surface area contributed by atoms with E-state index in [-0.39, 0.29) is 11.0 Å². The maximum atomic E-state index is 6.34. The van der Waals surface area contributed by atoms with Gasteiger partial charge in [-0.15, -0.1) is 0 Å². The Balaban J connectivity index is 1.85. The van der Waals surface area contributed by atoms with Crippen molar-refractivity contribution in [1.82, 2.24) is 0 Å². The summed E-state index contributed by atoms with van der Waals surface area (Å²) in [6.45, 7) is 6.90. The maximum Gasteiger partial charge on any atom is 0.128 e. The molecule has 1 heteroatoms. The van der Waals surface area contributed by atoms with Crippen molar-refractivity contribution in [3.63, 3.8) is 0 Å². The van der Waals surface area contributed by atoms with Gasteiger partial charge in [0.15, 0.2) is 0 Å². The smallest absolute Gasteiger partial charge is 0.128 e. The molecule has 0 aromatic heterocycles. The van der Waals surface area contributed by atoms with Crippen molar-refractivity contribution in [3.05, 3.63) is 65.5 Å². The van der Waals surface area contributed by atoms with Crippen molar-refractivity contribution in [2.45, 2.75) is 45.6 Å². The molecule has 1 nitrogen and oxygen atoms in total. The lowest BCUT2D eigenvalue weighted by molar-refractivity contribution is 0.00705. The second-order valence-electron chi connectivity index (χ2n) is 6.96. The lowest BCUT2D eigenvalue weighted by Crippen LogP contribution is -2.42. The molecule has 1 aromatic carbocycles. The molecule has 1 aliphatic carbocycles. The Morgan fingerprint density at radius 2 is 1.71 bits per heavy atom. The van der Waals surface area contributed by atoms with E-state index >= 15 is 0 Å². The largest absolute Gasteiger partial charge is 0.483 e. The molecule has 0 saturated heterocycles. The third-order valence-electron chi connectivity index (χ3n) is 4.75. The number of allylic oxidation sites excluding steroid dienone is 3. The van der Waals surface area contributed by atoms with Crippen LogP contribution in [0.2, 0.25) is 0 Å². The highest BCUT2D eigenvalue weighted by Crippen LogP contribution is 2.49. The van der Waals surface area contributed by atoms with Gasteiger partial charge in [-0.1, -0.05) is 56.3 Å². The molecule has 1 aliphatic heterocycles. The zero-order valence-corrected chi connectivity index (χ0v) is 13.2. The summed E-state index contributed by atoms with van der Waals surface area (Å²) >= 11 is 0. The molecule has 1 aromatic rings. The summed E-state index contributed by atoms with van der Waals surface area (Å²) in [5, 5.41) is 0. The van der Waals surface area contributed by atoms with Gasteiger partial charge in [-0.25, -0.2) is 0 Å². The van der Waals surface area contributed by atoms with Gasteiger partial charge in [-0.05, 0) is 54.9 Å². The van der Waals surface area contributed by atoms with E-state index in [1.54, 1.807) is 0 Å². The van der Waals surface area contributed by atoms with Crippen LogP contribution in [0.25, 0.3) is 6.08 Å². The minimum atomic E-state index is -0.132. The fraction of sp³-hybridized carbons (Fsp3) is 0.400. The van der Waals surface area contributed by atoms with E-state index in [9.17, 15) is 0 Å². The van der Waals surface area contributed by atoms with E-state index < -0.39 is 0 Å². The average molecular weight is 280 g/mol. The zero-order valence-electron chi connectivity index (χ0n) is 13.2. The van der Waals surface area contributed by atoms with Crippen molar-refractivity contribution < 1.29 is 4.74 Å². The Kier molecular flexibility index (Phi) is 3.52. The first-order chi connectivity index (χ1) is 10.00. The maximum absolute atomic E-state index is 6.34. The number of benzene rings is 1. The van der Waals surface area contributed by atoms with Crippen LogP contribution >= 0.6 is 0 Å². The standard InChI is InChI=1S/C20H24O/c1-19(2)14-7-15-20(3)18(19)13-12-17(21-20)11-10-16-8-5-4-6-9-16/h4-6,8-13H,7,14-15H2,1-3H3/b11-10+. The van der Waals surface area contributed by atoms with E-state index in [1.165, 1.54) is 24.0 Å². The summed E-state index contributed by atoms with van der Waals surface area (Å²) in [6, 6.07) is 10.4. The highest BCUT2D eigenvalue weighted by atomic mass is 16.5. The summed E-state index contributed by atoms with van der Waals surface area (Å²) in [6.07, 6.45) is 12.2. The fourth-order valence-electron chi connectivity index (χ4n) is 3.65. The van der Waals surface area contributed by atoms with E-state index in [1.807, 2.05) is 6.07 Å². The van der Waals surface area contributed by atoms with Crippen molar-refractivity contribution in [2.24, 2.45) is 5.41 Å². The van der Waals surface area contributed by atoms with E-state index in [2.05, 4.69) is 69.3 Å². The summed E-state index contributed by atoms with van der Waals surface area (Å²) in [5.41, 5.74) is 2.76. The van der Waals surface area contributed by atoms with Gasteiger partial charge in [0.05, 0.1) is 0 Å². The number of hydrogen-bond acceptors (Lipinski definition) is 1. The summed E-state index contributed by atoms with van der Waals surface area (Å²) in [7, 11) is 0. The first-order valence-electron chi connectivity index (χ1n) is 7.85. The topological polar surface area (TPSA) is 9.23 Å². The molecule has 21 heavy (non-hydrogen) atoms. The monoisotopic (exact) mass is 280 g/mol. The summed E-state index contributed by atoms with van der Waals surface area (Å²) in [5.74, 6) is 0.961. The SMILES string of the molecule is CC1(C)CCCC2(C)OC(/C=C/c3ccccc3)=CC=C12.